The number of aliphatic hydroxyl groups excluding tert-OH is 1. The minimum absolute atomic E-state index is 0.252. The Hall–Kier alpha value is -2.05. The van der Waals surface area contributed by atoms with Gasteiger partial charge in [-0.05, 0) is 62.1 Å². The van der Waals surface area contributed by atoms with Crippen molar-refractivity contribution in [3.63, 3.8) is 0 Å². The summed E-state index contributed by atoms with van der Waals surface area (Å²) >= 11 is 1.85. The summed E-state index contributed by atoms with van der Waals surface area (Å²) < 4.78 is 0. The summed E-state index contributed by atoms with van der Waals surface area (Å²) in [5.74, 6) is 2.16. The molecule has 0 aromatic carbocycles. The summed E-state index contributed by atoms with van der Waals surface area (Å²) in [7, 11) is 0. The van der Waals surface area contributed by atoms with E-state index in [-0.39, 0.29) is 6.61 Å². The van der Waals surface area contributed by atoms with Crippen LogP contribution in [0, 0.1) is 5.92 Å². The van der Waals surface area contributed by atoms with Gasteiger partial charge in [0.1, 0.15) is 10.6 Å². The molecular formula is C21H24N4OS. The number of aliphatic hydroxyl groups is 1. The Morgan fingerprint density at radius 1 is 1.19 bits per heavy atom. The fourth-order valence-electron chi connectivity index (χ4n) is 4.40. The number of piperidine rings is 1. The van der Waals surface area contributed by atoms with Crippen LogP contribution in [0.15, 0.2) is 24.5 Å². The van der Waals surface area contributed by atoms with Crippen LogP contribution in [0.25, 0.3) is 21.6 Å². The number of hydrogen-bond donors (Lipinski definition) is 1. The van der Waals surface area contributed by atoms with Gasteiger partial charge in [0.25, 0.3) is 0 Å². The third-order valence-corrected chi connectivity index (χ3v) is 6.98. The van der Waals surface area contributed by atoms with Crippen molar-refractivity contribution in [3.8, 4) is 11.4 Å². The quantitative estimate of drug-likeness (QED) is 0.748. The van der Waals surface area contributed by atoms with Gasteiger partial charge in [-0.2, -0.15) is 0 Å². The molecule has 27 heavy (non-hydrogen) atoms. The van der Waals surface area contributed by atoms with Gasteiger partial charge in [0.2, 0.25) is 0 Å². The third kappa shape index (κ3) is 3.11. The third-order valence-electron chi connectivity index (χ3n) is 5.79. The summed E-state index contributed by atoms with van der Waals surface area (Å²) in [6, 6.07) is 3.96. The minimum atomic E-state index is 0.252. The highest BCUT2D eigenvalue weighted by Gasteiger charge is 2.27. The van der Waals surface area contributed by atoms with Crippen LogP contribution < -0.4 is 4.90 Å². The monoisotopic (exact) mass is 380 g/mol. The van der Waals surface area contributed by atoms with Crippen LogP contribution in [-0.2, 0) is 12.8 Å². The van der Waals surface area contributed by atoms with E-state index in [4.69, 9.17) is 9.97 Å². The Labute approximate surface area is 163 Å². The van der Waals surface area contributed by atoms with E-state index in [1.54, 1.807) is 6.20 Å². The van der Waals surface area contributed by atoms with Gasteiger partial charge < -0.3 is 10.0 Å². The number of aromatic nitrogens is 3. The Kier molecular flexibility index (Phi) is 4.53. The lowest BCUT2D eigenvalue weighted by atomic mass is 9.95. The van der Waals surface area contributed by atoms with Crippen LogP contribution in [-0.4, -0.2) is 39.8 Å². The van der Waals surface area contributed by atoms with Gasteiger partial charge >= 0.3 is 0 Å². The molecule has 0 saturated carbocycles. The zero-order valence-electron chi connectivity index (χ0n) is 15.4. The summed E-state index contributed by atoms with van der Waals surface area (Å²) in [5.41, 5.74) is 2.43. The molecule has 3 aromatic rings. The number of fused-ring (bicyclic) bond motifs is 3. The van der Waals surface area contributed by atoms with Crippen LogP contribution in [0.2, 0.25) is 0 Å². The van der Waals surface area contributed by atoms with Gasteiger partial charge in [0, 0.05) is 42.5 Å². The maximum atomic E-state index is 9.69. The van der Waals surface area contributed by atoms with Crippen LogP contribution >= 0.6 is 11.3 Å². The number of thiophene rings is 1. The van der Waals surface area contributed by atoms with Gasteiger partial charge in [0.05, 0.1) is 5.39 Å². The highest BCUT2D eigenvalue weighted by molar-refractivity contribution is 7.19. The van der Waals surface area contributed by atoms with Crippen LogP contribution in [0.1, 0.15) is 36.1 Å². The minimum Gasteiger partial charge on any atom is -0.396 e. The maximum absolute atomic E-state index is 9.69. The zero-order chi connectivity index (χ0) is 18.2. The second kappa shape index (κ2) is 7.17. The molecule has 5 nitrogen and oxygen atoms in total. The number of rotatable bonds is 3. The van der Waals surface area contributed by atoms with E-state index in [0.717, 1.165) is 60.8 Å². The number of aryl methyl sites for hydroxylation is 2. The van der Waals surface area contributed by atoms with E-state index in [1.165, 1.54) is 28.7 Å². The molecule has 5 rings (SSSR count). The lowest BCUT2D eigenvalue weighted by molar-refractivity contribution is 0.208. The molecular weight excluding hydrogens is 356 g/mol. The molecule has 1 fully saturated rings. The van der Waals surface area contributed by atoms with E-state index in [2.05, 4.69) is 9.88 Å². The predicted molar refractivity (Wildman–Crippen MR) is 109 cm³/mol. The number of hydrogen-bond acceptors (Lipinski definition) is 6. The van der Waals surface area contributed by atoms with Crippen molar-refractivity contribution in [2.45, 2.75) is 38.5 Å². The second-order valence-corrected chi connectivity index (χ2v) is 8.72. The molecule has 3 aromatic heterocycles. The van der Waals surface area contributed by atoms with E-state index < -0.39 is 0 Å². The van der Waals surface area contributed by atoms with Crippen molar-refractivity contribution in [2.75, 3.05) is 24.6 Å². The molecule has 1 atom stereocenters. The Bertz CT molecular complexity index is 956. The van der Waals surface area contributed by atoms with E-state index in [9.17, 15) is 5.11 Å². The molecule has 0 amide bonds. The predicted octanol–water partition coefficient (Wildman–Crippen LogP) is 3.84. The van der Waals surface area contributed by atoms with Gasteiger partial charge in [-0.25, -0.2) is 9.97 Å². The molecule has 1 N–H and O–H groups in total. The lowest BCUT2D eigenvalue weighted by Gasteiger charge is -2.33. The number of pyridine rings is 1. The maximum Gasteiger partial charge on any atom is 0.164 e. The topological polar surface area (TPSA) is 62.1 Å². The zero-order valence-corrected chi connectivity index (χ0v) is 16.2. The van der Waals surface area contributed by atoms with Crippen molar-refractivity contribution in [1.82, 2.24) is 15.0 Å². The summed E-state index contributed by atoms with van der Waals surface area (Å²) in [6.07, 6.45) is 10.6. The van der Waals surface area contributed by atoms with Gasteiger partial charge in [-0.1, -0.05) is 0 Å². The molecule has 1 aliphatic carbocycles. The molecule has 0 radical (unpaired) electrons. The van der Waals surface area contributed by atoms with Crippen molar-refractivity contribution < 1.29 is 5.11 Å². The molecule has 1 saturated heterocycles. The first kappa shape index (κ1) is 17.1. The van der Waals surface area contributed by atoms with E-state index >= 15 is 0 Å². The Morgan fingerprint density at radius 2 is 2.11 bits per heavy atom. The van der Waals surface area contributed by atoms with Crippen LogP contribution in [0.3, 0.4) is 0 Å². The molecule has 0 spiro atoms. The average Bonchev–Trinajstić information content (AvgIpc) is 3.12. The Morgan fingerprint density at radius 3 is 2.96 bits per heavy atom. The first-order chi connectivity index (χ1) is 13.3. The van der Waals surface area contributed by atoms with Gasteiger partial charge in [-0.15, -0.1) is 11.3 Å². The summed E-state index contributed by atoms with van der Waals surface area (Å²) in [5, 5.41) is 11.0. The van der Waals surface area contributed by atoms with Crippen LogP contribution in [0.5, 0.6) is 0 Å². The highest BCUT2D eigenvalue weighted by Crippen LogP contribution is 2.41. The molecule has 140 valence electrons. The lowest BCUT2D eigenvalue weighted by Crippen LogP contribution is -2.37. The highest BCUT2D eigenvalue weighted by atomic mass is 32.1. The second-order valence-electron chi connectivity index (χ2n) is 7.64. The number of nitrogens with zero attached hydrogens (tertiary/aromatic N) is 4. The summed E-state index contributed by atoms with van der Waals surface area (Å²) in [6.45, 7) is 2.13. The molecule has 4 heterocycles. The molecule has 0 unspecified atom stereocenters. The molecule has 1 aliphatic heterocycles. The smallest absolute Gasteiger partial charge is 0.164 e. The normalized spacial score (nSPS) is 20.0. The fourth-order valence-corrected chi connectivity index (χ4v) is 5.65. The molecule has 2 aliphatic rings. The van der Waals surface area contributed by atoms with Gasteiger partial charge in [-0.3, -0.25) is 4.98 Å². The van der Waals surface area contributed by atoms with E-state index in [0.29, 0.717) is 5.92 Å². The largest absolute Gasteiger partial charge is 0.396 e. The van der Waals surface area contributed by atoms with Crippen molar-refractivity contribution in [3.05, 3.63) is 35.0 Å². The first-order valence-corrected chi connectivity index (χ1v) is 10.7. The fraction of sp³-hybridized carbons (Fsp3) is 0.476. The van der Waals surface area contributed by atoms with E-state index in [1.807, 2.05) is 29.7 Å². The number of anilines is 1. The SMILES string of the molecule is OC[C@H]1CCCN(c2nc(-c3cccnc3)nc3sc4c(c23)CCCC4)C1. The van der Waals surface area contributed by atoms with Crippen molar-refractivity contribution >= 4 is 27.4 Å². The van der Waals surface area contributed by atoms with Crippen molar-refractivity contribution in [2.24, 2.45) is 5.92 Å². The standard InChI is InChI=1S/C21H24N4OS/c26-13-14-5-4-10-25(12-14)20-18-16-7-1-2-8-17(16)27-21(18)24-19(23-20)15-6-3-9-22-11-15/h3,6,9,11,14,26H,1-2,4-5,7-8,10,12-13H2/t14-/m0/s1. The Balaban J connectivity index is 1.69. The van der Waals surface area contributed by atoms with Gasteiger partial charge in [0.15, 0.2) is 5.82 Å². The summed E-state index contributed by atoms with van der Waals surface area (Å²) in [4.78, 5) is 19.2. The average molecular weight is 381 g/mol. The van der Waals surface area contributed by atoms with Crippen molar-refractivity contribution in [1.29, 1.82) is 0 Å². The van der Waals surface area contributed by atoms with Crippen LogP contribution in [0.4, 0.5) is 5.82 Å². The first-order valence-electron chi connectivity index (χ1n) is 9.92. The molecule has 0 bridgehead atoms. The molecule has 6 heteroatoms.